The summed E-state index contributed by atoms with van der Waals surface area (Å²) in [5.74, 6) is 0.856. The molecule has 106 valence electrons. The van der Waals surface area contributed by atoms with E-state index in [0.29, 0.717) is 0 Å². The standard InChI is InChI=1S/C16H18ClNOS/c1-3-18-11-12-7-8-16(15(17)9-12)20-14-6-4-5-13(10-14)19-2/h4-10,18H,3,11H2,1-2H3. The van der Waals surface area contributed by atoms with E-state index in [1.807, 2.05) is 24.3 Å². The average molecular weight is 308 g/mol. The molecule has 1 N–H and O–H groups in total. The first kappa shape index (κ1) is 15.2. The van der Waals surface area contributed by atoms with Gasteiger partial charge in [-0.2, -0.15) is 0 Å². The van der Waals surface area contributed by atoms with E-state index >= 15 is 0 Å². The summed E-state index contributed by atoms with van der Waals surface area (Å²) in [5.41, 5.74) is 1.20. The summed E-state index contributed by atoms with van der Waals surface area (Å²) in [6.07, 6.45) is 0. The molecule has 0 bridgehead atoms. The lowest BCUT2D eigenvalue weighted by atomic mass is 10.2. The number of methoxy groups -OCH3 is 1. The maximum absolute atomic E-state index is 6.35. The highest BCUT2D eigenvalue weighted by Gasteiger charge is 2.05. The molecule has 2 rings (SSSR count). The van der Waals surface area contributed by atoms with Crippen LogP contribution in [-0.2, 0) is 6.54 Å². The van der Waals surface area contributed by atoms with Crippen LogP contribution in [-0.4, -0.2) is 13.7 Å². The Hall–Kier alpha value is -1.16. The van der Waals surface area contributed by atoms with E-state index < -0.39 is 0 Å². The van der Waals surface area contributed by atoms with E-state index in [9.17, 15) is 0 Å². The first-order valence-electron chi connectivity index (χ1n) is 6.54. The Morgan fingerprint density at radius 2 is 2.05 bits per heavy atom. The van der Waals surface area contributed by atoms with Gasteiger partial charge in [-0.1, -0.05) is 42.4 Å². The number of halogens is 1. The normalized spacial score (nSPS) is 10.6. The number of hydrogen-bond donors (Lipinski definition) is 1. The van der Waals surface area contributed by atoms with Crippen LogP contribution in [0.1, 0.15) is 12.5 Å². The minimum Gasteiger partial charge on any atom is -0.497 e. The van der Waals surface area contributed by atoms with Crippen molar-refractivity contribution < 1.29 is 4.74 Å². The second kappa shape index (κ2) is 7.58. The molecule has 20 heavy (non-hydrogen) atoms. The molecule has 2 nitrogen and oxygen atoms in total. The molecular formula is C16H18ClNOS. The summed E-state index contributed by atoms with van der Waals surface area (Å²) in [4.78, 5) is 2.17. The molecule has 0 spiro atoms. The second-order valence-corrected chi connectivity index (χ2v) is 5.85. The number of ether oxygens (including phenoxy) is 1. The van der Waals surface area contributed by atoms with Crippen LogP contribution in [0.15, 0.2) is 52.3 Å². The predicted molar refractivity (Wildman–Crippen MR) is 85.9 cm³/mol. The fourth-order valence-corrected chi connectivity index (χ4v) is 2.99. The van der Waals surface area contributed by atoms with Crippen LogP contribution in [0.5, 0.6) is 5.75 Å². The van der Waals surface area contributed by atoms with Crippen LogP contribution in [0.3, 0.4) is 0 Å². The van der Waals surface area contributed by atoms with E-state index in [4.69, 9.17) is 16.3 Å². The third-order valence-corrected chi connectivity index (χ3v) is 4.33. The highest BCUT2D eigenvalue weighted by molar-refractivity contribution is 7.99. The van der Waals surface area contributed by atoms with Crippen molar-refractivity contribution in [3.8, 4) is 5.75 Å². The molecule has 0 saturated heterocycles. The summed E-state index contributed by atoms with van der Waals surface area (Å²) in [6, 6.07) is 14.2. The number of nitrogens with one attached hydrogen (secondary N) is 1. The fraction of sp³-hybridized carbons (Fsp3) is 0.250. The van der Waals surface area contributed by atoms with Crippen LogP contribution in [0.2, 0.25) is 5.02 Å². The topological polar surface area (TPSA) is 21.3 Å². The van der Waals surface area contributed by atoms with Gasteiger partial charge in [-0.3, -0.25) is 0 Å². The van der Waals surface area contributed by atoms with Crippen LogP contribution in [0.4, 0.5) is 0 Å². The van der Waals surface area contributed by atoms with Crippen LogP contribution >= 0.6 is 23.4 Å². The van der Waals surface area contributed by atoms with Crippen LogP contribution in [0, 0.1) is 0 Å². The van der Waals surface area contributed by atoms with Crippen molar-refractivity contribution in [2.45, 2.75) is 23.3 Å². The molecule has 4 heteroatoms. The van der Waals surface area contributed by atoms with Crippen LogP contribution in [0.25, 0.3) is 0 Å². The third-order valence-electron chi connectivity index (χ3n) is 2.84. The molecule has 0 aliphatic carbocycles. The van der Waals surface area contributed by atoms with Gasteiger partial charge in [-0.25, -0.2) is 0 Å². The molecule has 0 unspecified atom stereocenters. The molecule has 0 radical (unpaired) electrons. The zero-order valence-electron chi connectivity index (χ0n) is 11.7. The van der Waals surface area contributed by atoms with Gasteiger partial charge in [-0.05, 0) is 42.4 Å². The summed E-state index contributed by atoms with van der Waals surface area (Å²) in [6.45, 7) is 3.90. The lowest BCUT2D eigenvalue weighted by Crippen LogP contribution is -2.11. The van der Waals surface area contributed by atoms with Crippen molar-refractivity contribution in [3.63, 3.8) is 0 Å². The van der Waals surface area contributed by atoms with Crippen LogP contribution < -0.4 is 10.1 Å². The molecular weight excluding hydrogens is 290 g/mol. The number of rotatable bonds is 6. The molecule has 0 atom stereocenters. The van der Waals surface area contributed by atoms with E-state index in [0.717, 1.165) is 33.7 Å². The van der Waals surface area contributed by atoms with Gasteiger partial charge < -0.3 is 10.1 Å². The molecule has 0 aliphatic heterocycles. The van der Waals surface area contributed by atoms with Gasteiger partial charge in [0.1, 0.15) is 5.75 Å². The Morgan fingerprint density at radius 1 is 1.20 bits per heavy atom. The molecule has 0 amide bonds. The molecule has 0 saturated carbocycles. The summed E-state index contributed by atoms with van der Waals surface area (Å²) in [5, 5.41) is 4.08. The van der Waals surface area contributed by atoms with Crippen molar-refractivity contribution in [2.75, 3.05) is 13.7 Å². The Bertz CT molecular complexity index is 574. The van der Waals surface area contributed by atoms with Crippen molar-refractivity contribution in [1.82, 2.24) is 5.32 Å². The van der Waals surface area contributed by atoms with Gasteiger partial charge in [0.05, 0.1) is 12.1 Å². The average Bonchev–Trinajstić information content (AvgIpc) is 2.48. The minimum absolute atomic E-state index is 0.785. The highest BCUT2D eigenvalue weighted by Crippen LogP contribution is 2.35. The van der Waals surface area contributed by atoms with Gasteiger partial charge in [0.2, 0.25) is 0 Å². The minimum atomic E-state index is 0.785. The molecule has 0 aliphatic rings. The lowest BCUT2D eigenvalue weighted by Gasteiger charge is -2.08. The van der Waals surface area contributed by atoms with E-state index in [2.05, 4.69) is 30.4 Å². The third kappa shape index (κ3) is 4.17. The van der Waals surface area contributed by atoms with Crippen molar-refractivity contribution in [1.29, 1.82) is 0 Å². The van der Waals surface area contributed by atoms with Gasteiger partial charge in [-0.15, -0.1) is 0 Å². The Morgan fingerprint density at radius 3 is 2.75 bits per heavy atom. The van der Waals surface area contributed by atoms with Crippen molar-refractivity contribution >= 4 is 23.4 Å². The maximum atomic E-state index is 6.35. The zero-order chi connectivity index (χ0) is 14.4. The number of hydrogen-bond acceptors (Lipinski definition) is 3. The molecule has 0 fully saturated rings. The lowest BCUT2D eigenvalue weighted by molar-refractivity contribution is 0.413. The Labute approximate surface area is 129 Å². The number of benzene rings is 2. The molecule has 0 heterocycles. The molecule has 0 aromatic heterocycles. The van der Waals surface area contributed by atoms with Gasteiger partial charge in [0.15, 0.2) is 0 Å². The van der Waals surface area contributed by atoms with Gasteiger partial charge in [0, 0.05) is 16.3 Å². The second-order valence-electron chi connectivity index (χ2n) is 4.33. The van der Waals surface area contributed by atoms with Crippen molar-refractivity contribution in [3.05, 3.63) is 53.1 Å². The summed E-state index contributed by atoms with van der Waals surface area (Å²) >= 11 is 8.00. The monoisotopic (exact) mass is 307 g/mol. The summed E-state index contributed by atoms with van der Waals surface area (Å²) in [7, 11) is 1.67. The SMILES string of the molecule is CCNCc1ccc(Sc2cccc(OC)c2)c(Cl)c1. The van der Waals surface area contributed by atoms with E-state index in [1.54, 1.807) is 18.9 Å². The molecule has 2 aromatic rings. The fourth-order valence-electron chi connectivity index (χ4n) is 1.80. The van der Waals surface area contributed by atoms with E-state index in [-0.39, 0.29) is 0 Å². The highest BCUT2D eigenvalue weighted by atomic mass is 35.5. The molecule has 2 aromatic carbocycles. The Balaban J connectivity index is 2.12. The first-order valence-corrected chi connectivity index (χ1v) is 7.73. The largest absolute Gasteiger partial charge is 0.497 e. The first-order chi connectivity index (χ1) is 9.72. The smallest absolute Gasteiger partial charge is 0.119 e. The quantitative estimate of drug-likeness (QED) is 0.842. The van der Waals surface area contributed by atoms with E-state index in [1.165, 1.54) is 5.56 Å². The zero-order valence-corrected chi connectivity index (χ0v) is 13.2. The Kier molecular flexibility index (Phi) is 5.77. The van der Waals surface area contributed by atoms with Crippen molar-refractivity contribution in [2.24, 2.45) is 0 Å². The van der Waals surface area contributed by atoms with Gasteiger partial charge in [0.25, 0.3) is 0 Å². The predicted octanol–water partition coefficient (Wildman–Crippen LogP) is 4.61. The maximum Gasteiger partial charge on any atom is 0.119 e. The van der Waals surface area contributed by atoms with Gasteiger partial charge >= 0.3 is 0 Å². The summed E-state index contributed by atoms with van der Waals surface area (Å²) < 4.78 is 5.23.